The second-order valence-corrected chi connectivity index (χ2v) is 8.51. The van der Waals surface area contributed by atoms with Crippen molar-refractivity contribution in [3.8, 4) is 0 Å². The fourth-order valence-electron chi connectivity index (χ4n) is 4.67. The van der Waals surface area contributed by atoms with Crippen LogP contribution in [-0.4, -0.2) is 24.5 Å². The summed E-state index contributed by atoms with van der Waals surface area (Å²) in [4.78, 5) is 24.5. The molecule has 1 aromatic heterocycles. The molecule has 0 spiro atoms. The van der Waals surface area contributed by atoms with Crippen molar-refractivity contribution in [2.24, 2.45) is 11.8 Å². The minimum atomic E-state index is -0.400. The Morgan fingerprint density at radius 3 is 2.75 bits per heavy atom. The summed E-state index contributed by atoms with van der Waals surface area (Å²) in [5.74, 6) is 0.447. The Balaban J connectivity index is 1.31. The van der Waals surface area contributed by atoms with Crippen molar-refractivity contribution in [2.45, 2.75) is 64.8 Å². The summed E-state index contributed by atoms with van der Waals surface area (Å²) in [7, 11) is 0. The third-order valence-electron chi connectivity index (χ3n) is 6.62. The van der Waals surface area contributed by atoms with Crippen LogP contribution >= 0.6 is 0 Å². The lowest BCUT2D eigenvalue weighted by Gasteiger charge is -2.34. The lowest BCUT2D eigenvalue weighted by atomic mass is 9.78. The highest BCUT2D eigenvalue weighted by Gasteiger charge is 2.28. The van der Waals surface area contributed by atoms with Crippen LogP contribution in [0.15, 0.2) is 22.8 Å². The van der Waals surface area contributed by atoms with Crippen LogP contribution in [0.2, 0.25) is 0 Å². The number of hydrogen-bond acceptors (Lipinski definition) is 4. The topological polar surface area (TPSA) is 68.5 Å². The van der Waals surface area contributed by atoms with E-state index in [0.717, 1.165) is 42.2 Å². The van der Waals surface area contributed by atoms with Crippen LogP contribution in [-0.2, 0) is 33.6 Å². The van der Waals surface area contributed by atoms with Crippen LogP contribution in [0.4, 0.5) is 0 Å². The molecule has 1 aromatic carbocycles. The molecule has 28 heavy (non-hydrogen) atoms. The largest absolute Gasteiger partial charge is 0.464 e. The summed E-state index contributed by atoms with van der Waals surface area (Å²) in [6.07, 6.45) is 8.44. The molecule has 0 aliphatic heterocycles. The van der Waals surface area contributed by atoms with E-state index in [2.05, 4.69) is 31.3 Å². The normalized spacial score (nSPS) is 24.1. The zero-order chi connectivity index (χ0) is 19.7. The van der Waals surface area contributed by atoms with E-state index >= 15 is 0 Å². The number of amides is 1. The molecular formula is C23H29NO4. The zero-order valence-corrected chi connectivity index (χ0v) is 16.8. The van der Waals surface area contributed by atoms with Crippen molar-refractivity contribution in [1.82, 2.24) is 5.32 Å². The monoisotopic (exact) mass is 383 g/mol. The lowest BCUT2D eigenvalue weighted by molar-refractivity contribution is -0.148. The first kappa shape index (κ1) is 19.0. The number of esters is 1. The van der Waals surface area contributed by atoms with Gasteiger partial charge < -0.3 is 14.5 Å². The summed E-state index contributed by atoms with van der Waals surface area (Å²) in [6.45, 7) is 4.19. The predicted molar refractivity (Wildman–Crippen MR) is 107 cm³/mol. The second kappa shape index (κ2) is 7.98. The average molecular weight is 383 g/mol. The second-order valence-electron chi connectivity index (χ2n) is 8.51. The van der Waals surface area contributed by atoms with Gasteiger partial charge in [-0.1, -0.05) is 26.7 Å². The Morgan fingerprint density at radius 1 is 1.14 bits per heavy atom. The number of furan rings is 1. The van der Waals surface area contributed by atoms with E-state index in [-0.39, 0.29) is 25.0 Å². The summed E-state index contributed by atoms with van der Waals surface area (Å²) in [5, 5.41) is 4.02. The molecule has 0 bridgehead atoms. The molecular weight excluding hydrogens is 354 g/mol. The van der Waals surface area contributed by atoms with Crippen LogP contribution in [0.25, 0.3) is 11.0 Å². The molecule has 1 fully saturated rings. The van der Waals surface area contributed by atoms with Gasteiger partial charge >= 0.3 is 5.97 Å². The Hall–Kier alpha value is -2.30. The Bertz CT molecular complexity index is 884. The summed E-state index contributed by atoms with van der Waals surface area (Å²) in [5.41, 5.74) is 4.34. The van der Waals surface area contributed by atoms with Gasteiger partial charge in [0, 0.05) is 17.0 Å². The molecule has 2 aromatic rings. The van der Waals surface area contributed by atoms with E-state index in [4.69, 9.17) is 9.15 Å². The molecule has 0 radical (unpaired) electrons. The van der Waals surface area contributed by atoms with Gasteiger partial charge in [-0.15, -0.1) is 0 Å². The number of nitrogens with one attached hydrogen (secondary N) is 1. The van der Waals surface area contributed by atoms with E-state index in [1.54, 1.807) is 6.26 Å². The van der Waals surface area contributed by atoms with Crippen LogP contribution in [0.5, 0.6) is 0 Å². The van der Waals surface area contributed by atoms with Gasteiger partial charge in [0.05, 0.1) is 12.7 Å². The summed E-state index contributed by atoms with van der Waals surface area (Å²) >= 11 is 0. The molecule has 1 N–H and O–H groups in total. The number of hydrogen-bond donors (Lipinski definition) is 1. The smallest absolute Gasteiger partial charge is 0.310 e. The minimum Gasteiger partial charge on any atom is -0.464 e. The molecule has 4 rings (SSSR count). The number of carbonyl (C=O) groups excluding carboxylic acids is 2. The number of ether oxygens (including phenoxy) is 1. The fourth-order valence-corrected chi connectivity index (χ4v) is 4.67. The highest BCUT2D eigenvalue weighted by Crippen LogP contribution is 2.31. The van der Waals surface area contributed by atoms with E-state index in [0.29, 0.717) is 11.8 Å². The Kier molecular flexibility index (Phi) is 5.42. The molecule has 0 saturated heterocycles. The quantitative estimate of drug-likeness (QED) is 0.794. The van der Waals surface area contributed by atoms with E-state index in [9.17, 15) is 9.59 Å². The lowest BCUT2D eigenvalue weighted by Crippen LogP contribution is -2.45. The first-order valence-corrected chi connectivity index (χ1v) is 10.5. The van der Waals surface area contributed by atoms with Gasteiger partial charge in [-0.2, -0.15) is 0 Å². The molecule has 150 valence electrons. The molecule has 1 amide bonds. The van der Waals surface area contributed by atoms with Crippen molar-refractivity contribution in [1.29, 1.82) is 0 Å². The van der Waals surface area contributed by atoms with E-state index in [1.807, 2.05) is 0 Å². The maximum Gasteiger partial charge on any atom is 0.310 e. The number of fused-ring (bicyclic) bond motifs is 2. The first-order chi connectivity index (χ1) is 13.5. The third-order valence-corrected chi connectivity index (χ3v) is 6.62. The van der Waals surface area contributed by atoms with Gasteiger partial charge in [-0.25, -0.2) is 0 Å². The fraction of sp³-hybridized carbons (Fsp3) is 0.565. The molecule has 5 heteroatoms. The van der Waals surface area contributed by atoms with E-state index in [1.165, 1.54) is 24.0 Å². The molecule has 0 unspecified atom stereocenters. The molecule has 2 aliphatic rings. The van der Waals surface area contributed by atoms with Gasteiger partial charge in [-0.3, -0.25) is 9.59 Å². The maximum absolute atomic E-state index is 12.3. The third kappa shape index (κ3) is 3.94. The summed E-state index contributed by atoms with van der Waals surface area (Å²) in [6, 6.07) is 4.41. The van der Waals surface area contributed by atoms with Crippen LogP contribution < -0.4 is 5.32 Å². The first-order valence-electron chi connectivity index (χ1n) is 10.5. The van der Waals surface area contributed by atoms with Gasteiger partial charge in [0.25, 0.3) is 5.91 Å². The standard InChI is InChI=1S/C23H29NO4/c1-14-5-3-8-20(15(14)2)24-22(25)13-28-23(26)11-18-12-27-21-10-17-7-4-6-16(17)9-19(18)21/h9-10,12,14-15,20H,3-8,11,13H2,1-2H3,(H,24,25)/t14-,15-,20-/m1/s1. The highest BCUT2D eigenvalue weighted by atomic mass is 16.5. The highest BCUT2D eigenvalue weighted by molar-refractivity contribution is 5.88. The number of rotatable bonds is 5. The Labute approximate surface area is 165 Å². The van der Waals surface area contributed by atoms with Gasteiger partial charge in [-0.05, 0) is 60.8 Å². The number of carbonyl (C=O) groups is 2. The van der Waals surface area contributed by atoms with Gasteiger partial charge in [0.2, 0.25) is 0 Å². The van der Waals surface area contributed by atoms with Crippen molar-refractivity contribution in [3.05, 3.63) is 35.1 Å². The van der Waals surface area contributed by atoms with Crippen molar-refractivity contribution in [2.75, 3.05) is 6.61 Å². The molecule has 5 nitrogen and oxygen atoms in total. The van der Waals surface area contributed by atoms with Crippen molar-refractivity contribution in [3.63, 3.8) is 0 Å². The van der Waals surface area contributed by atoms with E-state index < -0.39 is 5.97 Å². The van der Waals surface area contributed by atoms with Crippen molar-refractivity contribution < 1.29 is 18.7 Å². The molecule has 1 saturated carbocycles. The van der Waals surface area contributed by atoms with Gasteiger partial charge in [0.1, 0.15) is 5.58 Å². The van der Waals surface area contributed by atoms with Crippen LogP contribution in [0.3, 0.4) is 0 Å². The predicted octanol–water partition coefficient (Wildman–Crippen LogP) is 3.95. The van der Waals surface area contributed by atoms with Crippen LogP contribution in [0, 0.1) is 11.8 Å². The maximum atomic E-state index is 12.3. The number of benzene rings is 1. The van der Waals surface area contributed by atoms with Crippen molar-refractivity contribution >= 4 is 22.8 Å². The van der Waals surface area contributed by atoms with Gasteiger partial charge in [0.15, 0.2) is 6.61 Å². The molecule has 2 aliphatic carbocycles. The average Bonchev–Trinajstić information content (AvgIpc) is 3.28. The molecule has 1 heterocycles. The SMILES string of the molecule is C[C@@H]1[C@H](C)CCC[C@H]1NC(=O)COC(=O)Cc1coc2cc3c(cc12)CCC3. The summed E-state index contributed by atoms with van der Waals surface area (Å²) < 4.78 is 10.9. The minimum absolute atomic E-state index is 0.121. The Morgan fingerprint density at radius 2 is 1.93 bits per heavy atom. The van der Waals surface area contributed by atoms with Crippen LogP contribution in [0.1, 0.15) is 56.2 Å². The molecule has 3 atom stereocenters. The number of aryl methyl sites for hydroxylation is 2. The zero-order valence-electron chi connectivity index (χ0n) is 16.8.